The van der Waals surface area contributed by atoms with Gasteiger partial charge >= 0.3 is 0 Å². The lowest BCUT2D eigenvalue weighted by atomic mass is 10.0. The molecule has 134 valence electrons. The zero-order valence-electron chi connectivity index (χ0n) is 16.9. The molecule has 0 aliphatic heterocycles. The molecule has 0 aliphatic rings. The molecule has 1 rings (SSSR count). The van der Waals surface area contributed by atoms with E-state index in [2.05, 4.69) is 62.5 Å². The molecule has 0 atom stereocenters. The molecule has 0 spiro atoms. The highest BCUT2D eigenvalue weighted by atomic mass is 79.9. The van der Waals surface area contributed by atoms with Gasteiger partial charge in [0.25, 0.3) is 0 Å². The van der Waals surface area contributed by atoms with Crippen molar-refractivity contribution in [2.45, 2.75) is 82.3 Å². The highest BCUT2D eigenvalue weighted by Gasteiger charge is 1.96. The Morgan fingerprint density at radius 2 is 1.41 bits per heavy atom. The number of nitrogens with zero attached hydrogens (tertiary/aromatic N) is 1. The van der Waals surface area contributed by atoms with Crippen LogP contribution in [0.1, 0.15) is 81.2 Å². The van der Waals surface area contributed by atoms with Crippen LogP contribution in [0.4, 0.5) is 0 Å². The van der Waals surface area contributed by atoms with Crippen LogP contribution < -0.4 is 0 Å². The van der Waals surface area contributed by atoms with Crippen LogP contribution in [0.15, 0.2) is 22.9 Å². The van der Waals surface area contributed by atoms with E-state index < -0.39 is 0 Å². The first-order chi connectivity index (χ1) is 10.3. The van der Waals surface area contributed by atoms with Crippen molar-refractivity contribution in [1.82, 2.24) is 4.98 Å². The van der Waals surface area contributed by atoms with Crippen LogP contribution in [0.5, 0.6) is 0 Å². The number of pyridine rings is 1. The molecule has 0 radical (unpaired) electrons. The third kappa shape index (κ3) is 36.7. The van der Waals surface area contributed by atoms with E-state index in [-0.39, 0.29) is 0 Å². The van der Waals surface area contributed by atoms with E-state index >= 15 is 0 Å². The molecule has 3 heteroatoms. The van der Waals surface area contributed by atoms with Gasteiger partial charge in [-0.2, -0.15) is 0 Å². The van der Waals surface area contributed by atoms with Gasteiger partial charge in [-0.1, -0.05) is 81.7 Å². The molecule has 0 N–H and O–H groups in total. The summed E-state index contributed by atoms with van der Waals surface area (Å²) in [7, 11) is 1.67. The minimum Gasteiger partial charge on any atom is -0.380 e. The van der Waals surface area contributed by atoms with Gasteiger partial charge in [0.15, 0.2) is 0 Å². The van der Waals surface area contributed by atoms with Crippen molar-refractivity contribution >= 4 is 15.9 Å². The zero-order chi connectivity index (χ0) is 18.6. The van der Waals surface area contributed by atoms with Crippen molar-refractivity contribution < 1.29 is 4.74 Å². The van der Waals surface area contributed by atoms with Crippen molar-refractivity contribution in [2.75, 3.05) is 7.11 Å². The van der Waals surface area contributed by atoms with E-state index in [9.17, 15) is 0 Å². The first-order valence-electron chi connectivity index (χ1n) is 8.34. The Kier molecular flexibility index (Phi) is 30.7. The summed E-state index contributed by atoms with van der Waals surface area (Å²) >= 11 is 3.31. The van der Waals surface area contributed by atoms with Crippen molar-refractivity contribution in [2.24, 2.45) is 5.41 Å². The van der Waals surface area contributed by atoms with Crippen molar-refractivity contribution in [3.63, 3.8) is 0 Å². The largest absolute Gasteiger partial charge is 0.380 e. The number of hydrogen-bond donors (Lipinski definition) is 0. The average molecular weight is 378 g/mol. The molecule has 0 amide bonds. The van der Waals surface area contributed by atoms with Crippen molar-refractivity contribution in [1.29, 1.82) is 0 Å². The number of ether oxygens (including phenoxy) is 1. The van der Waals surface area contributed by atoms with E-state index in [1.54, 1.807) is 13.3 Å². The molecule has 1 aromatic rings. The summed E-state index contributed by atoms with van der Waals surface area (Å²) in [4.78, 5) is 4.03. The maximum atomic E-state index is 4.94. The van der Waals surface area contributed by atoms with Gasteiger partial charge in [-0.05, 0) is 27.4 Å². The summed E-state index contributed by atoms with van der Waals surface area (Å²) in [5.74, 6) is 0. The fourth-order valence-electron chi connectivity index (χ4n) is 0.683. The number of hydrogen-bond acceptors (Lipinski definition) is 2. The maximum absolute atomic E-state index is 4.94. The Morgan fingerprint density at radius 3 is 1.68 bits per heavy atom. The second-order valence-electron chi connectivity index (χ2n) is 5.59. The van der Waals surface area contributed by atoms with E-state index in [1.165, 1.54) is 6.42 Å². The lowest BCUT2D eigenvalue weighted by Crippen LogP contribution is -1.93. The topological polar surface area (TPSA) is 22.1 Å². The van der Waals surface area contributed by atoms with Gasteiger partial charge in [0.05, 0.1) is 6.61 Å². The molecule has 0 aromatic carbocycles. The third-order valence-corrected chi connectivity index (χ3v) is 1.85. The Hall–Kier alpha value is -0.410. The summed E-state index contributed by atoms with van der Waals surface area (Å²) in [5, 5.41) is 0. The van der Waals surface area contributed by atoms with Crippen LogP contribution in [-0.4, -0.2) is 12.1 Å². The molecule has 1 aromatic heterocycles. The minimum absolute atomic E-state index is 0.500. The molecule has 0 bridgehead atoms. The van der Waals surface area contributed by atoms with Crippen LogP contribution in [0, 0.1) is 5.41 Å². The molecular formula is C19H40BrNO. The highest BCUT2D eigenvalue weighted by Crippen LogP contribution is 2.12. The Morgan fingerprint density at radius 1 is 1.05 bits per heavy atom. The summed E-state index contributed by atoms with van der Waals surface area (Å²) in [6.07, 6.45) is 2.99. The summed E-state index contributed by atoms with van der Waals surface area (Å²) in [5.41, 5.74) is 1.57. The zero-order valence-corrected chi connectivity index (χ0v) is 18.5. The molecule has 0 fully saturated rings. The first kappa shape index (κ1) is 29.6. The quantitative estimate of drug-likeness (QED) is 0.497. The smallest absolute Gasteiger partial charge is 0.111 e. The first-order valence-corrected chi connectivity index (χ1v) is 9.13. The van der Waals surface area contributed by atoms with Crippen molar-refractivity contribution in [3.8, 4) is 0 Å². The maximum Gasteiger partial charge on any atom is 0.111 e. The van der Waals surface area contributed by atoms with Crippen LogP contribution in [-0.2, 0) is 11.3 Å². The summed E-state index contributed by atoms with van der Waals surface area (Å²) in [6, 6.07) is 3.86. The minimum atomic E-state index is 0.500. The predicted molar refractivity (Wildman–Crippen MR) is 106 cm³/mol. The van der Waals surface area contributed by atoms with E-state index in [0.717, 1.165) is 10.2 Å². The molecule has 0 unspecified atom stereocenters. The molecule has 2 nitrogen and oxygen atoms in total. The Labute approximate surface area is 149 Å². The van der Waals surface area contributed by atoms with Gasteiger partial charge in [0, 0.05) is 18.9 Å². The molecule has 0 saturated heterocycles. The van der Waals surface area contributed by atoms with Gasteiger partial charge in [-0.3, -0.25) is 0 Å². The second-order valence-corrected chi connectivity index (χ2v) is 6.34. The standard InChI is InChI=1S/C7H8BrNO.C5H12.C3H8.2C2H6/c1-10-5-6-3-2-4-9-7(6)8;1-5(2,3)4;1-3-2;2*1-2/h2-4H,5H2,1H3;1-4H3;3H2,1-2H3;2*1-2H3. The lowest BCUT2D eigenvalue weighted by molar-refractivity contribution is 0.184. The fraction of sp³-hybridized carbons (Fsp3) is 0.737. The fourth-order valence-corrected chi connectivity index (χ4v) is 1.05. The van der Waals surface area contributed by atoms with E-state index in [4.69, 9.17) is 4.74 Å². The molecule has 0 aliphatic carbocycles. The summed E-state index contributed by atoms with van der Waals surface area (Å²) < 4.78 is 5.80. The van der Waals surface area contributed by atoms with E-state index in [0.29, 0.717) is 12.0 Å². The van der Waals surface area contributed by atoms with Crippen LogP contribution in [0.2, 0.25) is 0 Å². The van der Waals surface area contributed by atoms with Crippen LogP contribution >= 0.6 is 15.9 Å². The normalized spacial score (nSPS) is 8.55. The van der Waals surface area contributed by atoms with Gasteiger partial charge in [0.1, 0.15) is 4.60 Å². The molecule has 22 heavy (non-hydrogen) atoms. The highest BCUT2D eigenvalue weighted by molar-refractivity contribution is 9.10. The average Bonchev–Trinajstić information content (AvgIpc) is 2.45. The van der Waals surface area contributed by atoms with Gasteiger partial charge in [-0.25, -0.2) is 4.98 Å². The SMILES string of the molecule is CC.CC.CC(C)(C)C.CCC.COCc1cccnc1Br. The van der Waals surface area contributed by atoms with Crippen molar-refractivity contribution in [3.05, 3.63) is 28.5 Å². The third-order valence-electron chi connectivity index (χ3n) is 1.14. The van der Waals surface area contributed by atoms with Gasteiger partial charge < -0.3 is 4.74 Å². The number of halogens is 1. The number of rotatable bonds is 2. The van der Waals surface area contributed by atoms with E-state index in [1.807, 2.05) is 39.8 Å². The molecule has 1 heterocycles. The van der Waals surface area contributed by atoms with Gasteiger partial charge in [0.2, 0.25) is 0 Å². The predicted octanol–water partition coefficient (Wildman–Crippen LogP) is 7.51. The Balaban J connectivity index is -0.000000115. The monoisotopic (exact) mass is 377 g/mol. The molecular weight excluding hydrogens is 338 g/mol. The number of aromatic nitrogens is 1. The van der Waals surface area contributed by atoms with Gasteiger partial charge in [-0.15, -0.1) is 0 Å². The lowest BCUT2D eigenvalue weighted by Gasteiger charge is -2.05. The summed E-state index contributed by atoms with van der Waals surface area (Å²) in [6.45, 7) is 21.6. The molecule has 0 saturated carbocycles. The Bertz CT molecular complexity index is 290. The van der Waals surface area contributed by atoms with Crippen LogP contribution in [0.25, 0.3) is 0 Å². The van der Waals surface area contributed by atoms with Crippen LogP contribution in [0.3, 0.4) is 0 Å². The number of methoxy groups -OCH3 is 1. The second kappa shape index (κ2) is 22.9.